The molecule has 1 unspecified atom stereocenters. The van der Waals surface area contributed by atoms with Gasteiger partial charge >= 0.3 is 0 Å². The zero-order valence-electron chi connectivity index (χ0n) is 15.2. The summed E-state index contributed by atoms with van der Waals surface area (Å²) < 4.78 is 5.48. The molecule has 2 aliphatic heterocycles. The predicted molar refractivity (Wildman–Crippen MR) is 104 cm³/mol. The summed E-state index contributed by atoms with van der Waals surface area (Å²) in [7, 11) is 0. The molecule has 2 saturated heterocycles. The molecule has 0 spiro atoms. The number of morpholine rings is 1. The molecule has 2 aromatic carbocycles. The number of likely N-dealkylation sites (tertiary alicyclic amines) is 1. The van der Waals surface area contributed by atoms with Crippen LogP contribution >= 0.6 is 0 Å². The smallest absolute Gasteiger partial charge is 0.0594 e. The number of fused-ring (bicyclic) bond motifs is 1. The number of ether oxygens (including phenoxy) is 1. The van der Waals surface area contributed by atoms with Crippen molar-refractivity contribution in [2.45, 2.75) is 19.3 Å². The Bertz CT molecular complexity index is 675. The summed E-state index contributed by atoms with van der Waals surface area (Å²) in [6.07, 6.45) is 3.90. The molecule has 0 bridgehead atoms. The van der Waals surface area contributed by atoms with Crippen LogP contribution in [0, 0.1) is 5.92 Å². The zero-order valence-corrected chi connectivity index (χ0v) is 15.2. The van der Waals surface area contributed by atoms with E-state index in [4.69, 9.17) is 4.74 Å². The van der Waals surface area contributed by atoms with Crippen molar-refractivity contribution in [3.8, 4) is 0 Å². The van der Waals surface area contributed by atoms with Gasteiger partial charge < -0.3 is 9.64 Å². The Kier molecular flexibility index (Phi) is 5.65. The number of benzene rings is 2. The average Bonchev–Trinajstić information content (AvgIpc) is 2.67. The Morgan fingerprint density at radius 1 is 0.920 bits per heavy atom. The van der Waals surface area contributed by atoms with Crippen LogP contribution in [0.15, 0.2) is 42.5 Å². The lowest BCUT2D eigenvalue weighted by atomic mass is 9.96. The first-order valence-corrected chi connectivity index (χ1v) is 9.87. The molecule has 0 radical (unpaired) electrons. The van der Waals surface area contributed by atoms with E-state index in [1.807, 2.05) is 0 Å². The minimum Gasteiger partial charge on any atom is -0.379 e. The third-order valence-corrected chi connectivity index (χ3v) is 5.80. The van der Waals surface area contributed by atoms with E-state index in [2.05, 4.69) is 52.3 Å². The molecule has 2 fully saturated rings. The van der Waals surface area contributed by atoms with Gasteiger partial charge in [-0.25, -0.2) is 0 Å². The molecule has 2 aromatic rings. The summed E-state index contributed by atoms with van der Waals surface area (Å²) in [5.74, 6) is 0.833. The summed E-state index contributed by atoms with van der Waals surface area (Å²) in [6, 6.07) is 15.5. The van der Waals surface area contributed by atoms with Crippen molar-refractivity contribution in [2.24, 2.45) is 5.92 Å². The van der Waals surface area contributed by atoms with Crippen LogP contribution in [0.4, 0.5) is 0 Å². The second-order valence-corrected chi connectivity index (χ2v) is 7.61. The van der Waals surface area contributed by atoms with Crippen LogP contribution in [-0.4, -0.2) is 62.3 Å². The molecule has 134 valence electrons. The molecule has 0 amide bonds. The third kappa shape index (κ3) is 4.41. The van der Waals surface area contributed by atoms with E-state index in [0.29, 0.717) is 0 Å². The molecule has 2 heterocycles. The van der Waals surface area contributed by atoms with Crippen molar-refractivity contribution < 1.29 is 4.74 Å². The molecular weight excluding hydrogens is 308 g/mol. The molecule has 0 aromatic heterocycles. The van der Waals surface area contributed by atoms with Crippen molar-refractivity contribution in [1.29, 1.82) is 0 Å². The SMILES string of the molecule is c1ccc2c(CCN3CCCC(CN4CCOCC4)C3)cccc2c1. The highest BCUT2D eigenvalue weighted by Gasteiger charge is 2.22. The molecule has 2 aliphatic rings. The first-order chi connectivity index (χ1) is 12.4. The van der Waals surface area contributed by atoms with Crippen LogP contribution < -0.4 is 0 Å². The van der Waals surface area contributed by atoms with Crippen molar-refractivity contribution in [3.63, 3.8) is 0 Å². The first-order valence-electron chi connectivity index (χ1n) is 9.87. The maximum absolute atomic E-state index is 5.48. The molecule has 0 saturated carbocycles. The van der Waals surface area contributed by atoms with E-state index in [9.17, 15) is 0 Å². The Balaban J connectivity index is 1.32. The topological polar surface area (TPSA) is 15.7 Å². The van der Waals surface area contributed by atoms with Crippen LogP contribution in [-0.2, 0) is 11.2 Å². The van der Waals surface area contributed by atoms with Gasteiger partial charge in [0.05, 0.1) is 13.2 Å². The second kappa shape index (κ2) is 8.31. The van der Waals surface area contributed by atoms with Crippen LogP contribution in [0.25, 0.3) is 10.8 Å². The number of nitrogens with zero attached hydrogens (tertiary/aromatic N) is 2. The lowest BCUT2D eigenvalue weighted by Crippen LogP contribution is -2.44. The molecule has 1 atom stereocenters. The summed E-state index contributed by atoms with van der Waals surface area (Å²) in [6.45, 7) is 9.04. The molecule has 3 heteroatoms. The second-order valence-electron chi connectivity index (χ2n) is 7.61. The Hall–Kier alpha value is -1.42. The number of piperidine rings is 1. The quantitative estimate of drug-likeness (QED) is 0.831. The molecule has 25 heavy (non-hydrogen) atoms. The van der Waals surface area contributed by atoms with E-state index in [-0.39, 0.29) is 0 Å². The minimum atomic E-state index is 0.833. The zero-order chi connectivity index (χ0) is 16.9. The summed E-state index contributed by atoms with van der Waals surface area (Å²) in [4.78, 5) is 5.29. The highest BCUT2D eigenvalue weighted by molar-refractivity contribution is 5.85. The van der Waals surface area contributed by atoms with Crippen LogP contribution in [0.1, 0.15) is 18.4 Å². The molecule has 3 nitrogen and oxygen atoms in total. The van der Waals surface area contributed by atoms with Gasteiger partial charge in [-0.1, -0.05) is 42.5 Å². The fourth-order valence-corrected chi connectivity index (χ4v) is 4.44. The van der Waals surface area contributed by atoms with Gasteiger partial charge in [0.1, 0.15) is 0 Å². The number of hydrogen-bond acceptors (Lipinski definition) is 3. The fraction of sp³-hybridized carbons (Fsp3) is 0.545. The lowest BCUT2D eigenvalue weighted by molar-refractivity contribution is 0.0230. The third-order valence-electron chi connectivity index (χ3n) is 5.80. The van der Waals surface area contributed by atoms with Crippen LogP contribution in [0.3, 0.4) is 0 Å². The van der Waals surface area contributed by atoms with E-state index >= 15 is 0 Å². The van der Waals surface area contributed by atoms with Gasteiger partial charge in [-0.15, -0.1) is 0 Å². The predicted octanol–water partition coefficient (Wildman–Crippen LogP) is 3.43. The van der Waals surface area contributed by atoms with Crippen molar-refractivity contribution in [1.82, 2.24) is 9.80 Å². The molecule has 0 N–H and O–H groups in total. The fourth-order valence-electron chi connectivity index (χ4n) is 4.44. The maximum Gasteiger partial charge on any atom is 0.0594 e. The number of hydrogen-bond donors (Lipinski definition) is 0. The van der Waals surface area contributed by atoms with Gasteiger partial charge in [-0.2, -0.15) is 0 Å². The standard InChI is InChI=1S/C22H30N2O/c1-2-9-22-20(6-1)7-3-8-21(22)10-12-23-11-4-5-19(17-23)18-24-13-15-25-16-14-24/h1-3,6-9,19H,4-5,10-18H2. The van der Waals surface area contributed by atoms with E-state index < -0.39 is 0 Å². The highest BCUT2D eigenvalue weighted by Crippen LogP contribution is 2.21. The molecule has 4 rings (SSSR count). The summed E-state index contributed by atoms with van der Waals surface area (Å²) in [5.41, 5.74) is 1.49. The van der Waals surface area contributed by atoms with Crippen LogP contribution in [0.5, 0.6) is 0 Å². The Morgan fingerprint density at radius 2 is 1.76 bits per heavy atom. The van der Waals surface area contributed by atoms with Gasteiger partial charge in [0.15, 0.2) is 0 Å². The van der Waals surface area contributed by atoms with Crippen LogP contribution in [0.2, 0.25) is 0 Å². The van der Waals surface area contributed by atoms with Gasteiger partial charge in [0.2, 0.25) is 0 Å². The van der Waals surface area contributed by atoms with Gasteiger partial charge in [-0.05, 0) is 48.1 Å². The summed E-state index contributed by atoms with van der Waals surface area (Å²) in [5, 5.41) is 2.79. The summed E-state index contributed by atoms with van der Waals surface area (Å²) >= 11 is 0. The lowest BCUT2D eigenvalue weighted by Gasteiger charge is -2.36. The highest BCUT2D eigenvalue weighted by atomic mass is 16.5. The van der Waals surface area contributed by atoms with E-state index in [1.54, 1.807) is 0 Å². The van der Waals surface area contributed by atoms with Gasteiger partial charge in [-0.3, -0.25) is 4.90 Å². The minimum absolute atomic E-state index is 0.833. The Morgan fingerprint density at radius 3 is 2.68 bits per heavy atom. The molecular formula is C22H30N2O. The van der Waals surface area contributed by atoms with Crippen molar-refractivity contribution in [3.05, 3.63) is 48.0 Å². The van der Waals surface area contributed by atoms with E-state index in [0.717, 1.165) is 38.6 Å². The van der Waals surface area contributed by atoms with Gasteiger partial charge in [0, 0.05) is 32.7 Å². The average molecular weight is 338 g/mol. The van der Waals surface area contributed by atoms with Crippen molar-refractivity contribution >= 4 is 10.8 Å². The largest absolute Gasteiger partial charge is 0.379 e. The maximum atomic E-state index is 5.48. The first kappa shape index (κ1) is 17.0. The van der Waals surface area contributed by atoms with Crippen molar-refractivity contribution in [2.75, 3.05) is 52.5 Å². The van der Waals surface area contributed by atoms with Gasteiger partial charge in [0.25, 0.3) is 0 Å². The number of rotatable bonds is 5. The van der Waals surface area contributed by atoms with E-state index in [1.165, 1.54) is 55.4 Å². The molecule has 0 aliphatic carbocycles. The normalized spacial score (nSPS) is 23.1. The Labute approximate surface area is 151 Å². The monoisotopic (exact) mass is 338 g/mol.